The Morgan fingerprint density at radius 1 is 1.50 bits per heavy atom. The first-order chi connectivity index (χ1) is 7.52. The van der Waals surface area contributed by atoms with Crippen molar-refractivity contribution in [3.05, 3.63) is 42.2 Å². The topological polar surface area (TPSA) is 39.2 Å². The van der Waals surface area contributed by atoms with E-state index in [1.54, 1.807) is 6.92 Å². The SMILES string of the molecule is C=C(c1c(F)cc2occc2c1F)C(C)N. The van der Waals surface area contributed by atoms with Crippen LogP contribution in [0.15, 0.2) is 29.4 Å². The summed E-state index contributed by atoms with van der Waals surface area (Å²) < 4.78 is 32.5. The first-order valence-corrected chi connectivity index (χ1v) is 4.82. The van der Waals surface area contributed by atoms with Gasteiger partial charge in [0.25, 0.3) is 0 Å². The van der Waals surface area contributed by atoms with Gasteiger partial charge in [0.05, 0.1) is 17.2 Å². The molecule has 1 aromatic heterocycles. The van der Waals surface area contributed by atoms with Crippen LogP contribution in [0.5, 0.6) is 0 Å². The lowest BCUT2D eigenvalue weighted by atomic mass is 9.99. The molecule has 1 unspecified atom stereocenters. The molecular weight excluding hydrogens is 212 g/mol. The van der Waals surface area contributed by atoms with E-state index in [4.69, 9.17) is 10.2 Å². The van der Waals surface area contributed by atoms with E-state index in [1.807, 2.05) is 0 Å². The van der Waals surface area contributed by atoms with Crippen LogP contribution in [0.4, 0.5) is 8.78 Å². The van der Waals surface area contributed by atoms with Crippen LogP contribution in [0.25, 0.3) is 16.5 Å². The minimum atomic E-state index is -0.706. The molecule has 0 amide bonds. The van der Waals surface area contributed by atoms with E-state index in [1.165, 1.54) is 12.3 Å². The third kappa shape index (κ3) is 1.51. The molecule has 0 spiro atoms. The van der Waals surface area contributed by atoms with Gasteiger partial charge in [-0.05, 0) is 18.6 Å². The van der Waals surface area contributed by atoms with Crippen LogP contribution in [-0.4, -0.2) is 6.04 Å². The number of nitrogens with two attached hydrogens (primary N) is 1. The summed E-state index contributed by atoms with van der Waals surface area (Å²) >= 11 is 0. The van der Waals surface area contributed by atoms with Crippen LogP contribution in [0.1, 0.15) is 12.5 Å². The Kier molecular flexibility index (Phi) is 2.52. The molecule has 84 valence electrons. The minimum Gasteiger partial charge on any atom is -0.464 e. The monoisotopic (exact) mass is 223 g/mol. The van der Waals surface area contributed by atoms with Gasteiger partial charge in [0.15, 0.2) is 0 Å². The zero-order chi connectivity index (χ0) is 11.9. The Labute approximate surface area is 91.3 Å². The molecule has 1 aromatic carbocycles. The van der Waals surface area contributed by atoms with Gasteiger partial charge < -0.3 is 10.2 Å². The number of hydrogen-bond acceptors (Lipinski definition) is 2. The lowest BCUT2D eigenvalue weighted by Crippen LogP contribution is -2.17. The molecular formula is C12H11F2NO. The lowest BCUT2D eigenvalue weighted by Gasteiger charge is -2.12. The number of hydrogen-bond donors (Lipinski definition) is 1. The first kappa shape index (κ1) is 10.8. The maximum Gasteiger partial charge on any atom is 0.144 e. The third-order valence-corrected chi connectivity index (χ3v) is 2.52. The molecule has 2 rings (SSSR count). The molecule has 0 aliphatic carbocycles. The van der Waals surface area contributed by atoms with E-state index in [2.05, 4.69) is 6.58 Å². The molecule has 1 atom stereocenters. The molecule has 2 aromatic rings. The largest absolute Gasteiger partial charge is 0.464 e. The van der Waals surface area contributed by atoms with Crippen molar-refractivity contribution in [1.82, 2.24) is 0 Å². The quantitative estimate of drug-likeness (QED) is 0.849. The van der Waals surface area contributed by atoms with Crippen LogP contribution < -0.4 is 5.73 Å². The lowest BCUT2D eigenvalue weighted by molar-refractivity contribution is 0.571. The predicted molar refractivity (Wildman–Crippen MR) is 58.8 cm³/mol. The molecule has 1 heterocycles. The summed E-state index contributed by atoms with van der Waals surface area (Å²) in [7, 11) is 0. The predicted octanol–water partition coefficient (Wildman–Crippen LogP) is 3.07. The van der Waals surface area contributed by atoms with Gasteiger partial charge in [-0.1, -0.05) is 6.58 Å². The summed E-state index contributed by atoms with van der Waals surface area (Å²) in [5.41, 5.74) is 5.82. The highest BCUT2D eigenvalue weighted by molar-refractivity contribution is 5.84. The normalized spacial score (nSPS) is 13.0. The second-order valence-electron chi connectivity index (χ2n) is 3.69. The summed E-state index contributed by atoms with van der Waals surface area (Å²) in [4.78, 5) is 0. The van der Waals surface area contributed by atoms with Gasteiger partial charge in [0, 0.05) is 12.1 Å². The van der Waals surface area contributed by atoms with Gasteiger partial charge in [-0.25, -0.2) is 8.78 Å². The highest BCUT2D eigenvalue weighted by atomic mass is 19.1. The van der Waals surface area contributed by atoms with Crippen LogP contribution in [-0.2, 0) is 0 Å². The Morgan fingerprint density at radius 3 is 2.81 bits per heavy atom. The van der Waals surface area contributed by atoms with Crippen LogP contribution >= 0.6 is 0 Å². The minimum absolute atomic E-state index is 0.163. The molecule has 0 aliphatic rings. The number of benzene rings is 1. The first-order valence-electron chi connectivity index (χ1n) is 4.82. The molecule has 0 saturated carbocycles. The van der Waals surface area contributed by atoms with Crippen molar-refractivity contribution in [2.75, 3.05) is 0 Å². The highest BCUT2D eigenvalue weighted by Gasteiger charge is 2.19. The van der Waals surface area contributed by atoms with E-state index in [9.17, 15) is 8.78 Å². The summed E-state index contributed by atoms with van der Waals surface area (Å²) in [6.45, 7) is 5.23. The summed E-state index contributed by atoms with van der Waals surface area (Å²) in [5, 5.41) is 0.234. The molecule has 16 heavy (non-hydrogen) atoms. The second kappa shape index (κ2) is 3.72. The van der Waals surface area contributed by atoms with Crippen molar-refractivity contribution in [2.45, 2.75) is 13.0 Å². The van der Waals surface area contributed by atoms with Crippen molar-refractivity contribution in [3.63, 3.8) is 0 Å². The van der Waals surface area contributed by atoms with Gasteiger partial charge in [0.2, 0.25) is 0 Å². The molecule has 0 radical (unpaired) electrons. The van der Waals surface area contributed by atoms with E-state index in [0.29, 0.717) is 0 Å². The van der Waals surface area contributed by atoms with Crippen molar-refractivity contribution in [2.24, 2.45) is 5.73 Å². The van der Waals surface area contributed by atoms with Crippen LogP contribution in [0.2, 0.25) is 0 Å². The van der Waals surface area contributed by atoms with E-state index in [-0.39, 0.29) is 22.1 Å². The summed E-state index contributed by atoms with van der Waals surface area (Å²) in [6, 6.07) is 2.08. The zero-order valence-electron chi connectivity index (χ0n) is 8.76. The molecule has 2 N–H and O–H groups in total. The Hall–Kier alpha value is -1.68. The number of halogens is 2. The van der Waals surface area contributed by atoms with Crippen LogP contribution in [0, 0.1) is 11.6 Å². The van der Waals surface area contributed by atoms with Gasteiger partial charge in [-0.2, -0.15) is 0 Å². The smallest absolute Gasteiger partial charge is 0.144 e. The summed E-state index contributed by atoms with van der Waals surface area (Å²) in [6.07, 6.45) is 1.31. The number of rotatable bonds is 2. The zero-order valence-corrected chi connectivity index (χ0v) is 8.76. The standard InChI is InChI=1S/C12H11F2NO/c1-6(7(2)15)11-9(13)5-10-8(12(11)14)3-4-16-10/h3-5,7H,1,15H2,2H3. The van der Waals surface area contributed by atoms with E-state index in [0.717, 1.165) is 6.07 Å². The fourth-order valence-corrected chi connectivity index (χ4v) is 1.56. The van der Waals surface area contributed by atoms with E-state index < -0.39 is 17.7 Å². The highest BCUT2D eigenvalue weighted by Crippen LogP contribution is 2.29. The van der Waals surface area contributed by atoms with Gasteiger partial charge in [0.1, 0.15) is 17.2 Å². The van der Waals surface area contributed by atoms with Crippen LogP contribution in [0.3, 0.4) is 0 Å². The van der Waals surface area contributed by atoms with Crippen molar-refractivity contribution in [1.29, 1.82) is 0 Å². The molecule has 0 fully saturated rings. The molecule has 0 bridgehead atoms. The van der Waals surface area contributed by atoms with Gasteiger partial charge >= 0.3 is 0 Å². The fraction of sp³-hybridized carbons (Fsp3) is 0.167. The van der Waals surface area contributed by atoms with Gasteiger partial charge in [-0.3, -0.25) is 0 Å². The molecule has 2 nitrogen and oxygen atoms in total. The van der Waals surface area contributed by atoms with E-state index >= 15 is 0 Å². The average molecular weight is 223 g/mol. The molecule has 0 saturated heterocycles. The molecule has 0 aliphatic heterocycles. The van der Waals surface area contributed by atoms with Crippen molar-refractivity contribution < 1.29 is 13.2 Å². The Balaban J connectivity index is 2.73. The van der Waals surface area contributed by atoms with Crippen molar-refractivity contribution in [3.8, 4) is 0 Å². The maximum atomic E-state index is 14.0. The number of furan rings is 1. The summed E-state index contributed by atoms with van der Waals surface area (Å²) in [5.74, 6) is -1.38. The maximum absolute atomic E-state index is 14.0. The second-order valence-corrected chi connectivity index (χ2v) is 3.69. The van der Waals surface area contributed by atoms with Gasteiger partial charge in [-0.15, -0.1) is 0 Å². The molecule has 4 heteroatoms. The third-order valence-electron chi connectivity index (χ3n) is 2.52. The Morgan fingerprint density at radius 2 is 2.19 bits per heavy atom. The van der Waals surface area contributed by atoms with Crippen molar-refractivity contribution >= 4 is 16.5 Å². The fourth-order valence-electron chi connectivity index (χ4n) is 1.56. The number of fused-ring (bicyclic) bond motifs is 1. The average Bonchev–Trinajstić information content (AvgIpc) is 2.65. The Bertz CT molecular complexity index is 557.